The second kappa shape index (κ2) is 15.5. The zero-order chi connectivity index (χ0) is 16.0. The minimum absolute atomic E-state index is 0. The van der Waals surface area contributed by atoms with Crippen LogP contribution in [0.25, 0.3) is 0 Å². The van der Waals surface area contributed by atoms with Gasteiger partial charge in [0.25, 0.3) is 0 Å². The van der Waals surface area contributed by atoms with Gasteiger partial charge in [-0.15, -0.1) is 0 Å². The van der Waals surface area contributed by atoms with Crippen molar-refractivity contribution in [1.29, 1.82) is 0 Å². The summed E-state index contributed by atoms with van der Waals surface area (Å²) in [6.07, 6.45) is 7.46. The molecule has 0 nitrogen and oxygen atoms in total. The third kappa shape index (κ3) is 10.7. The molecule has 0 N–H and O–H groups in total. The molecule has 152 valence electrons. The summed E-state index contributed by atoms with van der Waals surface area (Å²) in [5.41, 5.74) is 5.75. The van der Waals surface area contributed by atoms with Gasteiger partial charge in [0.15, 0.2) is 0 Å². The molecule has 0 amide bonds. The van der Waals surface area contributed by atoms with Crippen LogP contribution in [-0.4, -0.2) is 0 Å². The van der Waals surface area contributed by atoms with E-state index in [9.17, 15) is 0 Å². The van der Waals surface area contributed by atoms with Gasteiger partial charge in [-0.25, -0.2) is 0 Å². The molecule has 0 radical (unpaired) electrons. The lowest BCUT2D eigenvalue weighted by atomic mass is 9.82. The van der Waals surface area contributed by atoms with Gasteiger partial charge in [0, 0.05) is 0 Å². The van der Waals surface area contributed by atoms with Crippen LogP contribution >= 0.6 is 0 Å². The molecule has 1 fully saturated rings. The van der Waals surface area contributed by atoms with Crippen molar-refractivity contribution in [3.05, 3.63) is 34.4 Å². The van der Waals surface area contributed by atoms with Gasteiger partial charge < -0.3 is 0 Å². The molecule has 1 saturated carbocycles. The van der Waals surface area contributed by atoms with Crippen LogP contribution in [0.4, 0.5) is 0 Å². The molecule has 1 aliphatic rings. The maximum absolute atomic E-state index is 2.36. The summed E-state index contributed by atoms with van der Waals surface area (Å²) in [6.45, 7) is 15.8. The van der Waals surface area contributed by atoms with Crippen molar-refractivity contribution in [1.82, 2.24) is 0 Å². The summed E-state index contributed by atoms with van der Waals surface area (Å²) in [6, 6.07) is 4.53. The molecular formula is C25H52. The highest BCUT2D eigenvalue weighted by atomic mass is 14.2. The van der Waals surface area contributed by atoms with E-state index in [2.05, 4.69) is 60.6 Å². The van der Waals surface area contributed by atoms with Gasteiger partial charge >= 0.3 is 0 Å². The molecule has 0 heteroatoms. The van der Waals surface area contributed by atoms with Crippen LogP contribution in [0.3, 0.4) is 0 Å². The van der Waals surface area contributed by atoms with E-state index in [1.165, 1.54) is 54.4 Å². The molecule has 2 rings (SSSR count). The number of hydrogen-bond donors (Lipinski definition) is 0. The lowest BCUT2D eigenvalue weighted by molar-refractivity contribution is 0.279. The first-order valence-electron chi connectivity index (χ1n) is 8.90. The third-order valence-electron chi connectivity index (χ3n) is 4.91. The molecular weight excluding hydrogens is 300 g/mol. The van der Waals surface area contributed by atoms with Crippen molar-refractivity contribution in [3.63, 3.8) is 0 Å². The molecule has 25 heavy (non-hydrogen) atoms. The predicted molar refractivity (Wildman–Crippen MR) is 123 cm³/mol. The average molecular weight is 353 g/mol. The molecule has 0 saturated heterocycles. The van der Waals surface area contributed by atoms with Gasteiger partial charge in [0.05, 0.1) is 0 Å². The van der Waals surface area contributed by atoms with E-state index in [0.717, 1.165) is 11.8 Å². The third-order valence-corrected chi connectivity index (χ3v) is 4.91. The normalized spacial score (nSPS) is 13.5. The number of rotatable bonds is 2. The Kier molecular flexibility index (Phi) is 19.8. The van der Waals surface area contributed by atoms with E-state index in [0.29, 0.717) is 5.92 Å². The van der Waals surface area contributed by atoms with Crippen molar-refractivity contribution in [2.45, 2.75) is 116 Å². The van der Waals surface area contributed by atoms with Gasteiger partial charge in [-0.05, 0) is 55.2 Å². The summed E-state index contributed by atoms with van der Waals surface area (Å²) >= 11 is 0. The van der Waals surface area contributed by atoms with Crippen molar-refractivity contribution in [2.75, 3.05) is 0 Å². The van der Waals surface area contributed by atoms with Crippen LogP contribution in [0.5, 0.6) is 0 Å². The van der Waals surface area contributed by atoms with Crippen LogP contribution in [-0.2, 0) is 0 Å². The van der Waals surface area contributed by atoms with Crippen LogP contribution in [0.1, 0.15) is 118 Å². The standard InChI is InChI=1S/C12H18.C9H18.4CH4/c1-8(2)12-10(4)6-9(3)7-11(12)5;1-8(2)9-6-4-3-5-7-9;;;;/h6-8H,1-5H3;8-9H,3-7H2,1-2H3;4*1H4. The van der Waals surface area contributed by atoms with Gasteiger partial charge in [0.1, 0.15) is 0 Å². The summed E-state index contributed by atoms with van der Waals surface area (Å²) in [5.74, 6) is 2.63. The van der Waals surface area contributed by atoms with Crippen LogP contribution in [0.15, 0.2) is 12.1 Å². The fourth-order valence-corrected chi connectivity index (χ4v) is 3.90. The highest BCUT2D eigenvalue weighted by Crippen LogP contribution is 2.29. The Labute approximate surface area is 162 Å². The first kappa shape index (κ1) is 31.9. The lowest BCUT2D eigenvalue weighted by Crippen LogP contribution is -2.12. The van der Waals surface area contributed by atoms with E-state index in [1.807, 2.05) is 0 Å². The van der Waals surface area contributed by atoms with E-state index >= 15 is 0 Å². The van der Waals surface area contributed by atoms with Gasteiger partial charge in [-0.3, -0.25) is 0 Å². The fraction of sp³-hybridized carbons (Fsp3) is 0.760. The maximum Gasteiger partial charge on any atom is -0.0214 e. The van der Waals surface area contributed by atoms with Crippen LogP contribution in [0.2, 0.25) is 0 Å². The highest BCUT2D eigenvalue weighted by Gasteiger charge is 2.15. The smallest absolute Gasteiger partial charge is 0.0214 e. The van der Waals surface area contributed by atoms with Gasteiger partial charge in [-0.2, -0.15) is 0 Å². The van der Waals surface area contributed by atoms with Crippen LogP contribution < -0.4 is 0 Å². The zero-order valence-corrected chi connectivity index (χ0v) is 15.4. The van der Waals surface area contributed by atoms with E-state index in [-0.39, 0.29) is 29.7 Å². The highest BCUT2D eigenvalue weighted by molar-refractivity contribution is 5.39. The largest absolute Gasteiger partial charge is 0.0776 e. The second-order valence-electron chi connectivity index (χ2n) is 7.61. The molecule has 0 unspecified atom stereocenters. The van der Waals surface area contributed by atoms with Crippen molar-refractivity contribution >= 4 is 0 Å². The summed E-state index contributed by atoms with van der Waals surface area (Å²) < 4.78 is 0. The Morgan fingerprint density at radius 2 is 1.12 bits per heavy atom. The van der Waals surface area contributed by atoms with Gasteiger partial charge in [-0.1, -0.05) is 107 Å². The molecule has 0 atom stereocenters. The minimum atomic E-state index is 0. The predicted octanol–water partition coefficient (Wildman–Crippen LogP) is 9.50. The molecule has 1 aliphatic carbocycles. The van der Waals surface area contributed by atoms with Crippen molar-refractivity contribution < 1.29 is 0 Å². The first-order chi connectivity index (χ1) is 9.82. The molecule has 0 aliphatic heterocycles. The Morgan fingerprint density at radius 3 is 1.40 bits per heavy atom. The Balaban J connectivity index is -0.000000156. The number of hydrogen-bond acceptors (Lipinski definition) is 0. The Bertz CT molecular complexity index is 397. The SMILES string of the molecule is C.C.C.C.CC(C)C1CCCCC1.Cc1cc(C)c(C(C)C)c(C)c1. The molecule has 1 aromatic rings. The zero-order valence-electron chi connectivity index (χ0n) is 15.4. The summed E-state index contributed by atoms with van der Waals surface area (Å²) in [4.78, 5) is 0. The maximum atomic E-state index is 2.36. The van der Waals surface area contributed by atoms with E-state index in [1.54, 1.807) is 0 Å². The molecule has 0 spiro atoms. The second-order valence-corrected chi connectivity index (χ2v) is 7.61. The van der Waals surface area contributed by atoms with E-state index in [4.69, 9.17) is 0 Å². The average Bonchev–Trinajstić information content (AvgIpc) is 2.38. The Morgan fingerprint density at radius 1 is 0.720 bits per heavy atom. The molecule has 0 bridgehead atoms. The van der Waals surface area contributed by atoms with Crippen molar-refractivity contribution in [3.8, 4) is 0 Å². The first-order valence-corrected chi connectivity index (χ1v) is 8.90. The quantitative estimate of drug-likeness (QED) is 0.497. The molecule has 0 aromatic heterocycles. The number of benzene rings is 1. The summed E-state index contributed by atoms with van der Waals surface area (Å²) in [7, 11) is 0. The monoisotopic (exact) mass is 352 g/mol. The van der Waals surface area contributed by atoms with Crippen LogP contribution in [0, 0.1) is 32.6 Å². The van der Waals surface area contributed by atoms with E-state index < -0.39 is 0 Å². The number of aryl methyl sites for hydroxylation is 3. The fourth-order valence-electron chi connectivity index (χ4n) is 3.90. The summed E-state index contributed by atoms with van der Waals surface area (Å²) in [5, 5.41) is 0. The van der Waals surface area contributed by atoms with Crippen molar-refractivity contribution in [2.24, 2.45) is 11.8 Å². The molecule has 0 heterocycles. The molecule has 1 aromatic carbocycles. The topological polar surface area (TPSA) is 0 Å². The van der Waals surface area contributed by atoms with Gasteiger partial charge in [0.2, 0.25) is 0 Å². The Hall–Kier alpha value is -0.780. The lowest BCUT2D eigenvalue weighted by Gasteiger charge is -2.24. The minimum Gasteiger partial charge on any atom is -0.0776 e.